The number of aromatic nitrogens is 1. The first-order valence-electron chi connectivity index (χ1n) is 4.81. The van der Waals surface area contributed by atoms with Crippen LogP contribution in [0.2, 0.25) is 0 Å². The Balaban J connectivity index is 3.21. The molecule has 0 unspecified atom stereocenters. The summed E-state index contributed by atoms with van der Waals surface area (Å²) in [6.07, 6.45) is 5.33. The summed E-state index contributed by atoms with van der Waals surface area (Å²) in [4.78, 5) is 5.94. The van der Waals surface area contributed by atoms with E-state index in [1.165, 1.54) is 7.11 Å². The Labute approximate surface area is 95.5 Å². The molecule has 0 aliphatic heterocycles. The molecule has 0 atom stereocenters. The molecule has 0 fully saturated rings. The highest BCUT2D eigenvalue weighted by Gasteiger charge is 2.10. The predicted molar refractivity (Wildman–Crippen MR) is 64.5 cm³/mol. The highest BCUT2D eigenvalue weighted by Crippen LogP contribution is 2.31. The molecule has 0 saturated heterocycles. The molecular weight excluding hydrogens is 206 g/mol. The van der Waals surface area contributed by atoms with Crippen LogP contribution in [0.25, 0.3) is 6.08 Å². The number of rotatable bonds is 4. The van der Waals surface area contributed by atoms with Crippen LogP contribution in [0.3, 0.4) is 0 Å². The smallest absolute Gasteiger partial charge is 0.237 e. The topological polar surface area (TPSA) is 60.6 Å². The summed E-state index contributed by atoms with van der Waals surface area (Å²) in [5.41, 5.74) is 7.16. The largest absolute Gasteiger partial charge is 0.494 e. The Bertz CT molecular complexity index is 389. The van der Waals surface area contributed by atoms with Gasteiger partial charge in [-0.05, 0) is 12.3 Å². The fraction of sp³-hybridized carbons (Fsp3) is 0.364. The van der Waals surface area contributed by atoms with E-state index in [-0.39, 0.29) is 0 Å². The number of ether oxygens (including phenoxy) is 2. The molecule has 1 aromatic rings. The minimum Gasteiger partial charge on any atom is -0.494 e. The van der Waals surface area contributed by atoms with Gasteiger partial charge in [0, 0.05) is 19.7 Å². The summed E-state index contributed by atoms with van der Waals surface area (Å²) in [6, 6.07) is 0. The van der Waals surface area contributed by atoms with Gasteiger partial charge in [0.15, 0.2) is 0 Å². The lowest BCUT2D eigenvalue weighted by Crippen LogP contribution is -2.03. The van der Waals surface area contributed by atoms with Gasteiger partial charge >= 0.3 is 0 Å². The van der Waals surface area contributed by atoms with Crippen LogP contribution in [0, 0.1) is 0 Å². The molecule has 0 saturated carbocycles. The van der Waals surface area contributed by atoms with Gasteiger partial charge in [-0.3, -0.25) is 0 Å². The molecule has 0 amide bonds. The standard InChI is InChI=1S/C11H17N3O2/c1-14(2)6-5-8-9(15-3)7-13-11(16-4)10(8)12/h5-7H,12H2,1-4H3/b6-5+. The Kier molecular flexibility index (Phi) is 3.99. The first kappa shape index (κ1) is 12.2. The van der Waals surface area contributed by atoms with Crippen LogP contribution in [-0.4, -0.2) is 38.2 Å². The number of hydrogen-bond acceptors (Lipinski definition) is 5. The molecule has 5 heteroatoms. The first-order valence-corrected chi connectivity index (χ1v) is 4.81. The molecule has 0 spiro atoms. The molecule has 88 valence electrons. The molecule has 16 heavy (non-hydrogen) atoms. The monoisotopic (exact) mass is 223 g/mol. The van der Waals surface area contributed by atoms with Crippen molar-refractivity contribution in [3.8, 4) is 11.6 Å². The molecule has 0 radical (unpaired) electrons. The Morgan fingerprint density at radius 2 is 2.00 bits per heavy atom. The van der Waals surface area contributed by atoms with Gasteiger partial charge in [0.05, 0.1) is 20.4 Å². The lowest BCUT2D eigenvalue weighted by atomic mass is 10.2. The van der Waals surface area contributed by atoms with Crippen molar-refractivity contribution in [2.45, 2.75) is 0 Å². The second kappa shape index (κ2) is 5.25. The number of methoxy groups -OCH3 is 2. The molecule has 1 rings (SSSR count). The molecule has 5 nitrogen and oxygen atoms in total. The van der Waals surface area contributed by atoms with Crippen LogP contribution >= 0.6 is 0 Å². The third kappa shape index (κ3) is 2.56. The van der Waals surface area contributed by atoms with E-state index in [4.69, 9.17) is 15.2 Å². The Hall–Kier alpha value is -1.91. The molecule has 1 aromatic heterocycles. The minimum absolute atomic E-state index is 0.402. The van der Waals surface area contributed by atoms with Crippen LogP contribution in [0.5, 0.6) is 11.6 Å². The van der Waals surface area contributed by atoms with E-state index in [9.17, 15) is 0 Å². The van der Waals surface area contributed by atoms with E-state index in [0.29, 0.717) is 17.3 Å². The van der Waals surface area contributed by atoms with Crippen molar-refractivity contribution in [2.24, 2.45) is 0 Å². The van der Waals surface area contributed by atoms with E-state index in [0.717, 1.165) is 5.56 Å². The van der Waals surface area contributed by atoms with Crippen molar-refractivity contribution in [2.75, 3.05) is 34.0 Å². The van der Waals surface area contributed by atoms with E-state index in [2.05, 4.69) is 4.98 Å². The van der Waals surface area contributed by atoms with Crippen LogP contribution in [0.1, 0.15) is 5.56 Å². The van der Waals surface area contributed by atoms with Crippen LogP contribution < -0.4 is 15.2 Å². The number of pyridine rings is 1. The summed E-state index contributed by atoms with van der Waals surface area (Å²) in [5, 5.41) is 0. The second-order valence-electron chi connectivity index (χ2n) is 3.44. The lowest BCUT2D eigenvalue weighted by molar-refractivity contribution is 0.389. The summed E-state index contributed by atoms with van der Waals surface area (Å²) in [7, 11) is 6.97. The second-order valence-corrected chi connectivity index (χ2v) is 3.44. The molecule has 0 aromatic carbocycles. The molecule has 0 bridgehead atoms. The van der Waals surface area contributed by atoms with E-state index >= 15 is 0 Å². The third-order valence-electron chi connectivity index (χ3n) is 2.04. The molecular formula is C11H17N3O2. The maximum Gasteiger partial charge on any atom is 0.237 e. The van der Waals surface area contributed by atoms with Crippen LogP contribution in [-0.2, 0) is 0 Å². The number of anilines is 1. The van der Waals surface area contributed by atoms with Gasteiger partial charge in [0.25, 0.3) is 0 Å². The van der Waals surface area contributed by atoms with Crippen LogP contribution in [0.4, 0.5) is 5.69 Å². The van der Waals surface area contributed by atoms with Gasteiger partial charge < -0.3 is 20.1 Å². The third-order valence-corrected chi connectivity index (χ3v) is 2.04. The quantitative estimate of drug-likeness (QED) is 0.831. The number of nitrogen functional groups attached to an aromatic ring is 1. The minimum atomic E-state index is 0.402. The zero-order valence-electron chi connectivity index (χ0n) is 10.0. The zero-order valence-corrected chi connectivity index (χ0v) is 10.0. The SMILES string of the molecule is COc1cnc(OC)c(N)c1/C=C/N(C)C. The molecule has 0 aliphatic carbocycles. The zero-order chi connectivity index (χ0) is 12.1. The van der Waals surface area contributed by atoms with E-state index in [1.807, 2.05) is 31.3 Å². The van der Waals surface area contributed by atoms with E-state index in [1.54, 1.807) is 13.3 Å². The number of hydrogen-bond donors (Lipinski definition) is 1. The van der Waals surface area contributed by atoms with Gasteiger partial charge in [-0.2, -0.15) is 0 Å². The van der Waals surface area contributed by atoms with E-state index < -0.39 is 0 Å². The normalized spacial score (nSPS) is 10.5. The van der Waals surface area contributed by atoms with Gasteiger partial charge in [-0.15, -0.1) is 0 Å². The Morgan fingerprint density at radius 3 is 2.50 bits per heavy atom. The fourth-order valence-electron chi connectivity index (χ4n) is 1.23. The molecule has 1 heterocycles. The summed E-state index contributed by atoms with van der Waals surface area (Å²) >= 11 is 0. The number of nitrogens with two attached hydrogens (primary N) is 1. The van der Waals surface area contributed by atoms with Crippen molar-refractivity contribution in [1.82, 2.24) is 9.88 Å². The molecule has 0 aliphatic rings. The maximum absolute atomic E-state index is 5.92. The average Bonchev–Trinajstić information content (AvgIpc) is 2.26. The summed E-state index contributed by atoms with van der Waals surface area (Å²) < 4.78 is 10.2. The number of nitrogens with zero attached hydrogens (tertiary/aromatic N) is 2. The summed E-state index contributed by atoms with van der Waals surface area (Å²) in [5.74, 6) is 1.02. The maximum atomic E-state index is 5.92. The molecule has 2 N–H and O–H groups in total. The van der Waals surface area contributed by atoms with Gasteiger partial charge in [-0.25, -0.2) is 4.98 Å². The highest BCUT2D eigenvalue weighted by atomic mass is 16.5. The fourth-order valence-corrected chi connectivity index (χ4v) is 1.23. The van der Waals surface area contributed by atoms with Crippen molar-refractivity contribution in [1.29, 1.82) is 0 Å². The summed E-state index contributed by atoms with van der Waals surface area (Å²) in [6.45, 7) is 0. The van der Waals surface area contributed by atoms with Gasteiger partial charge in [-0.1, -0.05) is 0 Å². The first-order chi connectivity index (χ1) is 7.60. The predicted octanol–water partition coefficient (Wildman–Crippen LogP) is 1.21. The van der Waals surface area contributed by atoms with Crippen molar-refractivity contribution < 1.29 is 9.47 Å². The van der Waals surface area contributed by atoms with Gasteiger partial charge in [0.1, 0.15) is 11.4 Å². The van der Waals surface area contributed by atoms with Gasteiger partial charge in [0.2, 0.25) is 5.88 Å². The van der Waals surface area contributed by atoms with Crippen LogP contribution in [0.15, 0.2) is 12.4 Å². The van der Waals surface area contributed by atoms with Crippen molar-refractivity contribution >= 4 is 11.8 Å². The van der Waals surface area contributed by atoms with Crippen molar-refractivity contribution in [3.63, 3.8) is 0 Å². The lowest BCUT2D eigenvalue weighted by Gasteiger charge is -2.11. The Morgan fingerprint density at radius 1 is 1.31 bits per heavy atom. The average molecular weight is 223 g/mol. The van der Waals surface area contributed by atoms with Crippen molar-refractivity contribution in [3.05, 3.63) is 18.0 Å². The highest BCUT2D eigenvalue weighted by molar-refractivity contribution is 5.73.